The van der Waals surface area contributed by atoms with Crippen molar-refractivity contribution in [3.05, 3.63) is 108 Å². The van der Waals surface area contributed by atoms with Gasteiger partial charge in [0.25, 0.3) is 0 Å². The molecule has 0 saturated heterocycles. The number of fused-ring (bicyclic) bond motifs is 6. The van der Waals surface area contributed by atoms with Crippen LogP contribution in [0.25, 0.3) is 55.3 Å². The summed E-state index contributed by atoms with van der Waals surface area (Å²) in [5, 5.41) is 2.70. The van der Waals surface area contributed by atoms with Gasteiger partial charge >= 0.3 is 0 Å². The van der Waals surface area contributed by atoms with Crippen molar-refractivity contribution < 1.29 is 4.74 Å². The van der Waals surface area contributed by atoms with Crippen LogP contribution in [0.5, 0.6) is 0 Å². The van der Waals surface area contributed by atoms with Gasteiger partial charge in [0.15, 0.2) is 0 Å². The number of benzene rings is 5. The number of hydrogen-bond donors (Lipinski definition) is 0. The van der Waals surface area contributed by atoms with Crippen LogP contribution in [0.4, 0.5) is 0 Å². The van der Waals surface area contributed by atoms with Crippen LogP contribution in [-0.4, -0.2) is 13.2 Å². The van der Waals surface area contributed by atoms with E-state index in [-0.39, 0.29) is 5.41 Å². The quantitative estimate of drug-likeness (QED) is 0.268. The molecule has 0 fully saturated rings. The van der Waals surface area contributed by atoms with Crippen LogP contribution < -0.4 is 0 Å². The van der Waals surface area contributed by atoms with E-state index < -0.39 is 0 Å². The summed E-state index contributed by atoms with van der Waals surface area (Å²) in [6.07, 6.45) is 0. The molecule has 0 N–H and O–H groups in total. The van der Waals surface area contributed by atoms with E-state index in [2.05, 4.69) is 111 Å². The van der Waals surface area contributed by atoms with Crippen LogP contribution in [0.1, 0.15) is 25.0 Å². The molecule has 0 spiro atoms. The predicted octanol–water partition coefficient (Wildman–Crippen LogP) is 8.48. The SMILES string of the molecule is CCOCC1(C)c2ccccc2-c2ccc(-c3ccc4c5c(cccc35)-c3ccccc3-4)cc21. The molecule has 0 aromatic heterocycles. The van der Waals surface area contributed by atoms with E-state index in [0.717, 1.165) is 6.61 Å². The van der Waals surface area contributed by atoms with E-state index in [9.17, 15) is 0 Å². The molecule has 2 aliphatic rings. The Labute approximate surface area is 200 Å². The highest BCUT2D eigenvalue weighted by Gasteiger charge is 2.39. The average Bonchev–Trinajstić information content (AvgIpc) is 3.35. The average molecular weight is 439 g/mol. The summed E-state index contributed by atoms with van der Waals surface area (Å²) in [6.45, 7) is 5.83. The lowest BCUT2D eigenvalue weighted by Gasteiger charge is -2.27. The maximum Gasteiger partial charge on any atom is 0.0601 e. The Balaban J connectivity index is 1.45. The summed E-state index contributed by atoms with van der Waals surface area (Å²) in [5.74, 6) is 0. The Kier molecular flexibility index (Phi) is 4.16. The van der Waals surface area contributed by atoms with Crippen molar-refractivity contribution in [2.75, 3.05) is 13.2 Å². The highest BCUT2D eigenvalue weighted by molar-refractivity contribution is 6.18. The molecule has 7 rings (SSSR count). The van der Waals surface area contributed by atoms with E-state index in [1.54, 1.807) is 0 Å². The summed E-state index contributed by atoms with van der Waals surface area (Å²) in [7, 11) is 0. The molecule has 5 aromatic carbocycles. The fourth-order valence-electron chi connectivity index (χ4n) is 6.27. The Hall–Kier alpha value is -3.68. The fraction of sp³-hybridized carbons (Fsp3) is 0.152. The predicted molar refractivity (Wildman–Crippen MR) is 142 cm³/mol. The van der Waals surface area contributed by atoms with Gasteiger partial charge < -0.3 is 4.74 Å². The maximum atomic E-state index is 6.03. The first-order valence-electron chi connectivity index (χ1n) is 12.2. The molecule has 1 unspecified atom stereocenters. The summed E-state index contributed by atoms with van der Waals surface area (Å²) in [6, 6.07) is 36.0. The van der Waals surface area contributed by atoms with Gasteiger partial charge in [-0.1, -0.05) is 91.0 Å². The number of ether oxygens (including phenoxy) is 1. The Bertz CT molecular complexity index is 1580. The van der Waals surface area contributed by atoms with Crippen molar-refractivity contribution in [2.24, 2.45) is 0 Å². The van der Waals surface area contributed by atoms with Gasteiger partial charge in [0.2, 0.25) is 0 Å². The molecule has 1 heteroatoms. The molecule has 1 nitrogen and oxygen atoms in total. The van der Waals surface area contributed by atoms with E-state index in [4.69, 9.17) is 4.74 Å². The third kappa shape index (κ3) is 2.53. The second-order valence-electron chi connectivity index (χ2n) is 9.71. The largest absolute Gasteiger partial charge is 0.380 e. The minimum Gasteiger partial charge on any atom is -0.380 e. The standard InChI is InChI=1S/C33H26O/c1-3-34-20-33(2)30-14-7-6-11-25(30)26-16-15-21(19-31(26)33)22-17-18-29-24-10-5-4-9-23(24)28-13-8-12-27(22)32(28)29/h4-19H,3,20H2,1-2H3. The van der Waals surface area contributed by atoms with Crippen molar-refractivity contribution in [3.63, 3.8) is 0 Å². The van der Waals surface area contributed by atoms with Crippen LogP contribution in [0.3, 0.4) is 0 Å². The van der Waals surface area contributed by atoms with E-state index in [0.29, 0.717) is 6.61 Å². The van der Waals surface area contributed by atoms with Gasteiger partial charge in [0.1, 0.15) is 0 Å². The zero-order chi connectivity index (χ0) is 22.9. The molecule has 0 radical (unpaired) electrons. The van der Waals surface area contributed by atoms with Gasteiger partial charge in [-0.05, 0) is 86.3 Å². The molecule has 0 aliphatic heterocycles. The summed E-state index contributed by atoms with van der Waals surface area (Å²) < 4.78 is 6.03. The zero-order valence-corrected chi connectivity index (χ0v) is 19.6. The van der Waals surface area contributed by atoms with E-state index in [1.165, 1.54) is 66.4 Å². The van der Waals surface area contributed by atoms with Crippen molar-refractivity contribution in [1.29, 1.82) is 0 Å². The lowest BCUT2D eigenvalue weighted by atomic mass is 9.80. The second kappa shape index (κ2) is 7.16. The smallest absolute Gasteiger partial charge is 0.0601 e. The van der Waals surface area contributed by atoms with Crippen molar-refractivity contribution in [3.8, 4) is 44.5 Å². The highest BCUT2D eigenvalue weighted by atomic mass is 16.5. The molecule has 2 aliphatic carbocycles. The normalized spacial score (nSPS) is 17.0. The molecular formula is C33H26O. The van der Waals surface area contributed by atoms with Crippen LogP contribution in [0.2, 0.25) is 0 Å². The summed E-state index contributed by atoms with van der Waals surface area (Å²) in [4.78, 5) is 0. The molecule has 0 saturated carbocycles. The molecule has 34 heavy (non-hydrogen) atoms. The third-order valence-electron chi connectivity index (χ3n) is 7.88. The molecule has 0 bridgehead atoms. The molecule has 1 atom stereocenters. The van der Waals surface area contributed by atoms with Gasteiger partial charge in [-0.2, -0.15) is 0 Å². The molecular weight excluding hydrogens is 412 g/mol. The summed E-state index contributed by atoms with van der Waals surface area (Å²) in [5.41, 5.74) is 13.2. The Morgan fingerprint density at radius 2 is 1.21 bits per heavy atom. The van der Waals surface area contributed by atoms with Crippen LogP contribution in [0, 0.1) is 0 Å². The monoisotopic (exact) mass is 438 g/mol. The number of hydrogen-bond acceptors (Lipinski definition) is 1. The van der Waals surface area contributed by atoms with Gasteiger partial charge in [-0.15, -0.1) is 0 Å². The number of rotatable bonds is 4. The van der Waals surface area contributed by atoms with Crippen LogP contribution in [0.15, 0.2) is 97.1 Å². The van der Waals surface area contributed by atoms with E-state index in [1.807, 2.05) is 0 Å². The Morgan fingerprint density at radius 1 is 0.588 bits per heavy atom. The molecule has 0 amide bonds. The maximum absolute atomic E-state index is 6.03. The molecule has 164 valence electrons. The fourth-order valence-corrected chi connectivity index (χ4v) is 6.27. The Morgan fingerprint density at radius 3 is 2.00 bits per heavy atom. The third-order valence-corrected chi connectivity index (χ3v) is 7.88. The zero-order valence-electron chi connectivity index (χ0n) is 19.6. The van der Waals surface area contributed by atoms with Crippen LogP contribution in [-0.2, 0) is 10.2 Å². The van der Waals surface area contributed by atoms with Crippen molar-refractivity contribution >= 4 is 10.8 Å². The van der Waals surface area contributed by atoms with Crippen molar-refractivity contribution in [1.82, 2.24) is 0 Å². The minimum atomic E-state index is -0.150. The van der Waals surface area contributed by atoms with Gasteiger partial charge in [0.05, 0.1) is 6.61 Å². The van der Waals surface area contributed by atoms with Gasteiger partial charge in [0, 0.05) is 12.0 Å². The first-order valence-corrected chi connectivity index (χ1v) is 12.2. The molecule has 0 heterocycles. The first-order chi connectivity index (χ1) is 16.7. The lowest BCUT2D eigenvalue weighted by molar-refractivity contribution is 0.114. The summed E-state index contributed by atoms with van der Waals surface area (Å²) >= 11 is 0. The minimum absolute atomic E-state index is 0.150. The second-order valence-corrected chi connectivity index (χ2v) is 9.71. The topological polar surface area (TPSA) is 9.23 Å². The highest BCUT2D eigenvalue weighted by Crippen LogP contribution is 2.52. The first kappa shape index (κ1) is 19.8. The molecule has 5 aromatic rings. The lowest BCUT2D eigenvalue weighted by Crippen LogP contribution is -2.27. The van der Waals surface area contributed by atoms with Crippen molar-refractivity contribution in [2.45, 2.75) is 19.3 Å². The van der Waals surface area contributed by atoms with E-state index >= 15 is 0 Å². The van der Waals surface area contributed by atoms with Gasteiger partial charge in [-0.3, -0.25) is 0 Å². The van der Waals surface area contributed by atoms with Gasteiger partial charge in [-0.25, -0.2) is 0 Å². The van der Waals surface area contributed by atoms with Crippen LogP contribution >= 0.6 is 0 Å².